The van der Waals surface area contributed by atoms with Crippen LogP contribution in [0.2, 0.25) is 0 Å². The summed E-state index contributed by atoms with van der Waals surface area (Å²) < 4.78 is 0. The van der Waals surface area contributed by atoms with Crippen molar-refractivity contribution in [3.8, 4) is 0 Å². The van der Waals surface area contributed by atoms with E-state index >= 15 is 0 Å². The van der Waals surface area contributed by atoms with Crippen molar-refractivity contribution in [3.05, 3.63) is 23.0 Å². The standard InChI is InChI=1S/C16H30S/c1-5-7-9-11-13-15(3)17-16(4)14-12-10-8-6-2/h3-14H2,1-2H3. The molecule has 0 aliphatic heterocycles. The first-order chi connectivity index (χ1) is 8.20. The molecule has 0 nitrogen and oxygen atoms in total. The molecule has 0 aliphatic carbocycles. The summed E-state index contributed by atoms with van der Waals surface area (Å²) in [5.74, 6) is 0. The summed E-state index contributed by atoms with van der Waals surface area (Å²) in [7, 11) is 0. The zero-order valence-corrected chi connectivity index (χ0v) is 12.7. The fourth-order valence-electron chi connectivity index (χ4n) is 1.80. The van der Waals surface area contributed by atoms with Crippen molar-refractivity contribution in [2.75, 3.05) is 0 Å². The summed E-state index contributed by atoms with van der Waals surface area (Å²) in [4.78, 5) is 2.61. The molecular weight excluding hydrogens is 224 g/mol. The van der Waals surface area contributed by atoms with Gasteiger partial charge < -0.3 is 0 Å². The zero-order valence-electron chi connectivity index (χ0n) is 11.9. The topological polar surface area (TPSA) is 0 Å². The Morgan fingerprint density at radius 2 is 1.12 bits per heavy atom. The van der Waals surface area contributed by atoms with Gasteiger partial charge in [-0.3, -0.25) is 0 Å². The predicted molar refractivity (Wildman–Crippen MR) is 83.4 cm³/mol. The van der Waals surface area contributed by atoms with Gasteiger partial charge >= 0.3 is 0 Å². The van der Waals surface area contributed by atoms with E-state index in [-0.39, 0.29) is 0 Å². The summed E-state index contributed by atoms with van der Waals surface area (Å²) in [5.41, 5.74) is 0. The molecule has 0 aliphatic rings. The summed E-state index contributed by atoms with van der Waals surface area (Å²) in [6.07, 6.45) is 12.9. The van der Waals surface area contributed by atoms with Gasteiger partial charge in [-0.15, -0.1) is 11.8 Å². The second-order valence-electron chi connectivity index (χ2n) is 4.80. The van der Waals surface area contributed by atoms with Crippen molar-refractivity contribution in [1.82, 2.24) is 0 Å². The van der Waals surface area contributed by atoms with Gasteiger partial charge in [0.2, 0.25) is 0 Å². The molecule has 17 heavy (non-hydrogen) atoms. The van der Waals surface area contributed by atoms with Crippen LogP contribution in [-0.4, -0.2) is 0 Å². The summed E-state index contributed by atoms with van der Waals surface area (Å²) >= 11 is 1.83. The minimum atomic E-state index is 1.17. The van der Waals surface area contributed by atoms with Crippen molar-refractivity contribution in [2.45, 2.75) is 78.1 Å². The summed E-state index contributed by atoms with van der Waals surface area (Å²) in [5, 5.41) is 0. The lowest BCUT2D eigenvalue weighted by atomic mass is 10.1. The maximum Gasteiger partial charge on any atom is -0.0178 e. The van der Waals surface area contributed by atoms with Crippen molar-refractivity contribution < 1.29 is 0 Å². The first kappa shape index (κ1) is 16.8. The minimum Gasteiger partial charge on any atom is -0.100 e. The van der Waals surface area contributed by atoms with Gasteiger partial charge in [-0.1, -0.05) is 65.5 Å². The zero-order chi connectivity index (χ0) is 12.9. The second kappa shape index (κ2) is 12.3. The van der Waals surface area contributed by atoms with Crippen molar-refractivity contribution >= 4 is 11.8 Å². The summed E-state index contributed by atoms with van der Waals surface area (Å²) in [6, 6.07) is 0. The van der Waals surface area contributed by atoms with E-state index < -0.39 is 0 Å². The van der Waals surface area contributed by atoms with Gasteiger partial charge in [0.15, 0.2) is 0 Å². The third-order valence-corrected chi connectivity index (χ3v) is 3.89. The molecule has 0 aromatic heterocycles. The van der Waals surface area contributed by atoms with Crippen molar-refractivity contribution in [1.29, 1.82) is 0 Å². The second-order valence-corrected chi connectivity index (χ2v) is 6.16. The Bertz CT molecular complexity index is 184. The van der Waals surface area contributed by atoms with Gasteiger partial charge in [-0.05, 0) is 35.5 Å². The van der Waals surface area contributed by atoms with Gasteiger partial charge in [0.1, 0.15) is 0 Å². The van der Waals surface area contributed by atoms with Crippen molar-refractivity contribution in [3.63, 3.8) is 0 Å². The highest BCUT2D eigenvalue weighted by atomic mass is 32.2. The van der Waals surface area contributed by atoms with E-state index in [0.29, 0.717) is 0 Å². The highest BCUT2D eigenvalue weighted by Gasteiger charge is 2.00. The normalized spacial score (nSPS) is 10.5. The average Bonchev–Trinajstić information content (AvgIpc) is 2.30. The van der Waals surface area contributed by atoms with Crippen LogP contribution in [0.15, 0.2) is 23.0 Å². The SMILES string of the molecule is C=C(CCCCCC)SC(=C)CCCCCC. The number of rotatable bonds is 12. The van der Waals surface area contributed by atoms with Crippen LogP contribution < -0.4 is 0 Å². The molecule has 0 bridgehead atoms. The van der Waals surface area contributed by atoms with E-state index in [2.05, 4.69) is 27.0 Å². The van der Waals surface area contributed by atoms with Crippen LogP contribution in [0.25, 0.3) is 0 Å². The number of hydrogen-bond donors (Lipinski definition) is 0. The van der Waals surface area contributed by atoms with E-state index in [1.54, 1.807) is 0 Å². The summed E-state index contributed by atoms with van der Waals surface area (Å²) in [6.45, 7) is 12.8. The third kappa shape index (κ3) is 12.1. The molecule has 0 rings (SSSR count). The van der Waals surface area contributed by atoms with Gasteiger partial charge in [0.05, 0.1) is 0 Å². The lowest BCUT2D eigenvalue weighted by Crippen LogP contribution is -1.82. The minimum absolute atomic E-state index is 1.17. The van der Waals surface area contributed by atoms with Gasteiger partial charge in [-0.2, -0.15) is 0 Å². The molecule has 0 spiro atoms. The maximum absolute atomic E-state index is 4.14. The largest absolute Gasteiger partial charge is 0.100 e. The predicted octanol–water partition coefficient (Wildman–Crippen LogP) is 6.69. The van der Waals surface area contributed by atoms with Crippen LogP contribution >= 0.6 is 11.8 Å². The Morgan fingerprint density at radius 1 is 0.706 bits per heavy atom. The Hall–Kier alpha value is -0.170. The monoisotopic (exact) mass is 254 g/mol. The number of hydrogen-bond acceptors (Lipinski definition) is 1. The maximum atomic E-state index is 4.14. The van der Waals surface area contributed by atoms with Crippen LogP contribution in [0.5, 0.6) is 0 Å². The first-order valence-electron chi connectivity index (χ1n) is 7.24. The van der Waals surface area contributed by atoms with Crippen LogP contribution in [-0.2, 0) is 0 Å². The Labute approximate surface area is 113 Å². The number of allylic oxidation sites excluding steroid dienone is 2. The molecule has 0 aromatic rings. The molecule has 1 heteroatoms. The smallest absolute Gasteiger partial charge is 0.0178 e. The van der Waals surface area contributed by atoms with E-state index in [1.807, 2.05) is 11.8 Å². The molecule has 0 atom stereocenters. The van der Waals surface area contributed by atoms with Crippen molar-refractivity contribution in [2.24, 2.45) is 0 Å². The van der Waals surface area contributed by atoms with E-state index in [1.165, 1.54) is 74.0 Å². The van der Waals surface area contributed by atoms with Gasteiger partial charge in [0.25, 0.3) is 0 Å². The molecule has 0 N–H and O–H groups in total. The first-order valence-corrected chi connectivity index (χ1v) is 8.05. The number of thioether (sulfide) groups is 1. The molecule has 0 unspecified atom stereocenters. The third-order valence-electron chi connectivity index (χ3n) is 2.91. The lowest BCUT2D eigenvalue weighted by molar-refractivity contribution is 0.670. The van der Waals surface area contributed by atoms with Gasteiger partial charge in [-0.25, -0.2) is 0 Å². The lowest BCUT2D eigenvalue weighted by Gasteiger charge is -2.08. The fraction of sp³-hybridized carbons (Fsp3) is 0.750. The van der Waals surface area contributed by atoms with Crippen LogP contribution in [0, 0.1) is 0 Å². The molecule has 0 radical (unpaired) electrons. The Morgan fingerprint density at radius 3 is 1.47 bits per heavy atom. The Kier molecular flexibility index (Phi) is 12.2. The van der Waals surface area contributed by atoms with Gasteiger partial charge in [0, 0.05) is 0 Å². The molecule has 0 saturated heterocycles. The highest BCUT2D eigenvalue weighted by Crippen LogP contribution is 2.30. The van der Waals surface area contributed by atoms with E-state index in [9.17, 15) is 0 Å². The van der Waals surface area contributed by atoms with Crippen LogP contribution in [0.3, 0.4) is 0 Å². The Balaban J connectivity index is 3.42. The molecule has 0 saturated carbocycles. The fourth-order valence-corrected chi connectivity index (χ4v) is 2.71. The highest BCUT2D eigenvalue weighted by molar-refractivity contribution is 8.06. The van der Waals surface area contributed by atoms with Crippen LogP contribution in [0.1, 0.15) is 78.1 Å². The molecule has 0 fully saturated rings. The molecule has 100 valence electrons. The molecule has 0 amide bonds. The molecule has 0 aromatic carbocycles. The van der Waals surface area contributed by atoms with E-state index in [4.69, 9.17) is 0 Å². The molecule has 0 heterocycles. The van der Waals surface area contributed by atoms with E-state index in [0.717, 1.165) is 0 Å². The quantitative estimate of drug-likeness (QED) is 0.350. The average molecular weight is 254 g/mol. The van der Waals surface area contributed by atoms with Crippen LogP contribution in [0.4, 0.5) is 0 Å². The molecular formula is C16H30S. The number of unbranched alkanes of at least 4 members (excludes halogenated alkanes) is 6.